The summed E-state index contributed by atoms with van der Waals surface area (Å²) in [7, 11) is 0. The van der Waals surface area contributed by atoms with Crippen molar-refractivity contribution in [3.8, 4) is 0 Å². The zero-order valence-electron chi connectivity index (χ0n) is 55.5. The summed E-state index contributed by atoms with van der Waals surface area (Å²) in [6, 6.07) is 0. The average molecular weight is 1280 g/mol. The van der Waals surface area contributed by atoms with E-state index in [0.717, 1.165) is 38.5 Å². The van der Waals surface area contributed by atoms with Gasteiger partial charge in [-0.05, 0) is 12.8 Å². The van der Waals surface area contributed by atoms with E-state index in [1.54, 1.807) is 0 Å². The normalized spacial score (nSPS) is 12.2. The Morgan fingerprint density at radius 2 is 0.584 bits per heavy atom. The lowest BCUT2D eigenvalue weighted by molar-refractivity contribution is -0.133. The number of rotatable bonds is 69. The van der Waals surface area contributed by atoms with Crippen molar-refractivity contribution in [1.29, 1.82) is 0 Å². The van der Waals surface area contributed by atoms with Crippen molar-refractivity contribution in [2.24, 2.45) is 11.8 Å². The van der Waals surface area contributed by atoms with Gasteiger partial charge in [0.15, 0.2) is 0 Å². The van der Waals surface area contributed by atoms with Crippen molar-refractivity contribution in [2.75, 3.05) is 138 Å². The van der Waals surface area contributed by atoms with Crippen LogP contribution in [0.5, 0.6) is 0 Å². The predicted molar refractivity (Wildman–Crippen MR) is 344 cm³/mol. The molecule has 0 rings (SSSR count). The number of nitrogens with zero attached hydrogens (tertiary/aromatic N) is 1. The number of carbonyl (C=O) groups excluding carboxylic acids is 4. The highest BCUT2D eigenvalue weighted by atomic mass is 16.6. The van der Waals surface area contributed by atoms with Gasteiger partial charge in [0, 0.05) is 24.9 Å². The second-order valence-corrected chi connectivity index (χ2v) is 24.0. The maximum Gasteiger partial charge on any atom is 0.407 e. The molecule has 0 spiro atoms. The minimum absolute atomic E-state index is 0.0474. The van der Waals surface area contributed by atoms with Crippen molar-refractivity contribution in [3.05, 3.63) is 0 Å². The summed E-state index contributed by atoms with van der Waals surface area (Å²) in [4.78, 5) is 54.1. The minimum Gasteiger partial charge on any atom is -0.449 e. The van der Waals surface area contributed by atoms with Crippen LogP contribution < -0.4 is 16.0 Å². The molecule has 0 aromatic rings. The van der Waals surface area contributed by atoms with Crippen LogP contribution in [0.25, 0.3) is 0 Å². The largest absolute Gasteiger partial charge is 0.449 e. The fraction of sp³-hybridized carbons (Fsp3) is 0.939. The lowest BCUT2D eigenvalue weighted by Crippen LogP contribution is -2.45. The lowest BCUT2D eigenvalue weighted by Gasteiger charge is -2.26. The number of unbranched alkanes of at least 4 members (excludes halogenated alkanes) is 30. The Morgan fingerprint density at radius 3 is 0.910 bits per heavy atom. The van der Waals surface area contributed by atoms with E-state index in [1.165, 1.54) is 167 Å². The zero-order valence-corrected chi connectivity index (χ0v) is 55.5. The van der Waals surface area contributed by atoms with E-state index in [2.05, 4.69) is 29.8 Å². The van der Waals surface area contributed by atoms with E-state index in [9.17, 15) is 60.0 Å². The van der Waals surface area contributed by atoms with Crippen LogP contribution in [0.1, 0.15) is 219 Å². The van der Waals surface area contributed by atoms with E-state index < -0.39 is 126 Å². The number of aliphatic hydroxyl groups is 8. The van der Waals surface area contributed by atoms with Gasteiger partial charge in [-0.25, -0.2) is 4.79 Å². The van der Waals surface area contributed by atoms with Crippen LogP contribution in [0.3, 0.4) is 0 Å². The molecule has 4 amide bonds. The molecule has 0 aromatic heterocycles. The van der Waals surface area contributed by atoms with Gasteiger partial charge < -0.3 is 94.9 Å². The Labute approximate surface area is 536 Å². The van der Waals surface area contributed by atoms with Crippen molar-refractivity contribution in [2.45, 2.75) is 250 Å². The Morgan fingerprint density at radius 1 is 0.315 bits per heavy atom. The molecule has 0 fully saturated rings. The average Bonchev–Trinajstić information content (AvgIpc) is 3.56. The van der Waals surface area contributed by atoms with E-state index in [0.29, 0.717) is 13.1 Å². The molecule has 0 aliphatic heterocycles. The molecule has 0 saturated carbocycles. The standard InChI is InChI=1S/C66H130N4O19/c1-3-5-7-9-11-13-15-17-19-21-23-25-27-29-31-33-35-70(36-34-32-30-28-26-24-22-20-18-16-14-12-10-8-6-4-2)65(81)39-68-63(79)37-67-64(80)38-69-66(82)89-53-57(52-86-62(54-87-60(44-75)45-76)55-88-61(46-77)47-78)49-83-48-56(50-84-58(40-71)41-72)51-85-59(42-73)43-74/h56-62,71-78H,3-55H2,1-2H3,(H,67,80)(H,68,79)(H,69,82). The number of nitrogens with one attached hydrogen (secondary N) is 3. The molecule has 0 aliphatic rings. The number of aliphatic hydroxyl groups excluding tert-OH is 8. The van der Waals surface area contributed by atoms with Crippen LogP contribution in [0, 0.1) is 11.8 Å². The molecular weight excluding hydrogens is 1150 g/mol. The third-order valence-electron chi connectivity index (χ3n) is 15.7. The topological polar surface area (TPSA) is 334 Å². The second-order valence-electron chi connectivity index (χ2n) is 24.0. The molecule has 1 unspecified atom stereocenters. The quantitative estimate of drug-likeness (QED) is 0.0293. The first-order chi connectivity index (χ1) is 43.5. The molecule has 0 aromatic carbocycles. The molecule has 11 N–H and O–H groups in total. The molecule has 89 heavy (non-hydrogen) atoms. The maximum atomic E-state index is 13.6. The summed E-state index contributed by atoms with van der Waals surface area (Å²) in [5.74, 6) is -2.67. The first-order valence-corrected chi connectivity index (χ1v) is 34.7. The highest BCUT2D eigenvalue weighted by Crippen LogP contribution is 2.17. The second kappa shape index (κ2) is 65.2. The van der Waals surface area contributed by atoms with E-state index in [1.807, 2.05) is 4.90 Å². The SMILES string of the molecule is CCCCCCCCCCCCCCCCCCN(CCCCCCCCCCCCCCCCCC)C(=O)CNC(=O)CNC(=O)CNC(=O)OCC(COCC(COC(CO)CO)COC(CO)CO)COC(COC(CO)CO)COC(CO)CO. The molecule has 23 heteroatoms. The van der Waals surface area contributed by atoms with Crippen LogP contribution in [0.2, 0.25) is 0 Å². The number of alkyl carbamates (subject to hydrolysis) is 1. The summed E-state index contributed by atoms with van der Waals surface area (Å²) in [5.41, 5.74) is 0. The zero-order chi connectivity index (χ0) is 65.5. The van der Waals surface area contributed by atoms with Crippen molar-refractivity contribution >= 4 is 23.8 Å². The number of carbonyl (C=O) groups is 4. The van der Waals surface area contributed by atoms with Gasteiger partial charge in [0.2, 0.25) is 17.7 Å². The molecule has 0 radical (unpaired) electrons. The summed E-state index contributed by atoms with van der Waals surface area (Å²) in [6.45, 7) is -0.375. The first kappa shape index (κ1) is 86.1. The fourth-order valence-corrected chi connectivity index (χ4v) is 9.84. The molecule has 0 heterocycles. The van der Waals surface area contributed by atoms with Gasteiger partial charge in [-0.15, -0.1) is 0 Å². The third-order valence-corrected chi connectivity index (χ3v) is 15.7. The van der Waals surface area contributed by atoms with Gasteiger partial charge in [0.1, 0.15) is 43.7 Å². The van der Waals surface area contributed by atoms with Gasteiger partial charge in [0.25, 0.3) is 0 Å². The summed E-state index contributed by atoms with van der Waals surface area (Å²) >= 11 is 0. The fourth-order valence-electron chi connectivity index (χ4n) is 9.84. The maximum absolute atomic E-state index is 13.6. The third kappa shape index (κ3) is 54.2. The van der Waals surface area contributed by atoms with Crippen LogP contribution in [-0.2, 0) is 47.5 Å². The van der Waals surface area contributed by atoms with Gasteiger partial charge in [-0.1, -0.05) is 206 Å². The van der Waals surface area contributed by atoms with Crippen molar-refractivity contribution in [3.63, 3.8) is 0 Å². The number of hydrogen-bond acceptors (Lipinski definition) is 19. The van der Waals surface area contributed by atoms with Crippen molar-refractivity contribution < 1.29 is 93.2 Å². The number of ether oxygens (including phenoxy) is 7. The number of hydrogen-bond donors (Lipinski definition) is 11. The van der Waals surface area contributed by atoms with Gasteiger partial charge >= 0.3 is 6.09 Å². The van der Waals surface area contributed by atoms with Crippen LogP contribution >= 0.6 is 0 Å². The van der Waals surface area contributed by atoms with Gasteiger partial charge in [0.05, 0.1) is 112 Å². The van der Waals surface area contributed by atoms with Crippen molar-refractivity contribution in [1.82, 2.24) is 20.9 Å². The highest BCUT2D eigenvalue weighted by molar-refractivity contribution is 5.89. The molecular formula is C66H130N4O19. The molecule has 0 saturated heterocycles. The Hall–Kier alpha value is -2.88. The molecule has 0 aliphatic carbocycles. The molecule has 0 bridgehead atoms. The molecule has 23 nitrogen and oxygen atoms in total. The van der Waals surface area contributed by atoms with Crippen LogP contribution in [0.15, 0.2) is 0 Å². The Balaban J connectivity index is 5.39. The molecule has 1 atom stereocenters. The summed E-state index contributed by atoms with van der Waals surface area (Å²) in [5, 5.41) is 83.7. The summed E-state index contributed by atoms with van der Waals surface area (Å²) in [6.07, 6.45) is 35.0. The first-order valence-electron chi connectivity index (χ1n) is 34.7. The predicted octanol–water partition coefficient (Wildman–Crippen LogP) is 6.41. The monoisotopic (exact) mass is 1280 g/mol. The minimum atomic E-state index is -0.988. The number of amides is 4. The van der Waals surface area contributed by atoms with E-state index in [-0.39, 0.29) is 65.3 Å². The van der Waals surface area contributed by atoms with Crippen LogP contribution in [-0.4, -0.2) is 239 Å². The highest BCUT2D eigenvalue weighted by Gasteiger charge is 2.23. The summed E-state index contributed by atoms with van der Waals surface area (Å²) < 4.78 is 39.7. The van der Waals surface area contributed by atoms with Gasteiger partial charge in [-0.2, -0.15) is 0 Å². The lowest BCUT2D eigenvalue weighted by atomic mass is 10.0. The van der Waals surface area contributed by atoms with E-state index >= 15 is 0 Å². The van der Waals surface area contributed by atoms with E-state index in [4.69, 9.17) is 33.2 Å². The van der Waals surface area contributed by atoms with Crippen LogP contribution in [0.4, 0.5) is 4.79 Å². The van der Waals surface area contributed by atoms with Gasteiger partial charge in [-0.3, -0.25) is 14.4 Å². The molecule has 528 valence electrons. The Bertz CT molecular complexity index is 1500. The smallest absolute Gasteiger partial charge is 0.407 e. The Kier molecular flexibility index (Phi) is 63.1.